The highest BCUT2D eigenvalue weighted by Gasteiger charge is 1.88. The average molecular weight is 262 g/mol. The van der Waals surface area contributed by atoms with Crippen molar-refractivity contribution in [2.24, 2.45) is 5.73 Å². The summed E-state index contributed by atoms with van der Waals surface area (Å²) in [6.45, 7) is 5.26. The molecule has 4 N–H and O–H groups in total. The van der Waals surface area contributed by atoms with Crippen LogP contribution in [0, 0.1) is 13.8 Å². The standard InChI is InChI=1S/C8H11NO.C8H11N.2H2/c1-7-2-4-8(5-3-7)6-9-10;1-7-2-4-8(6-9)5-3-7;;/h2-5,9-10H,6H2,1H3;2-5H,6,9H2,1H3;2*1H. The van der Waals surface area contributed by atoms with Crippen LogP contribution in [-0.2, 0) is 13.1 Å². The van der Waals surface area contributed by atoms with Crippen LogP contribution in [-0.4, -0.2) is 5.21 Å². The Bertz CT molecular complexity index is 473. The van der Waals surface area contributed by atoms with Crippen LogP contribution >= 0.6 is 0 Å². The van der Waals surface area contributed by atoms with E-state index >= 15 is 0 Å². The second-order valence-corrected chi connectivity index (χ2v) is 4.51. The van der Waals surface area contributed by atoms with Crippen molar-refractivity contribution in [3.63, 3.8) is 0 Å². The van der Waals surface area contributed by atoms with E-state index in [0.717, 1.165) is 5.56 Å². The molecule has 0 atom stereocenters. The molecule has 0 bridgehead atoms. The van der Waals surface area contributed by atoms with Crippen LogP contribution < -0.4 is 11.2 Å². The summed E-state index contributed by atoms with van der Waals surface area (Å²) >= 11 is 0. The minimum Gasteiger partial charge on any atom is -0.326 e. The minimum absolute atomic E-state index is 0. The molecule has 2 rings (SSSR count). The number of nitrogens with one attached hydrogen (secondary N) is 1. The number of hydroxylamine groups is 1. The van der Waals surface area contributed by atoms with Gasteiger partial charge in [0.15, 0.2) is 0 Å². The molecule has 106 valence electrons. The van der Waals surface area contributed by atoms with Gasteiger partial charge in [0, 0.05) is 15.9 Å². The lowest BCUT2D eigenvalue weighted by molar-refractivity contribution is 0.161. The third-order valence-electron chi connectivity index (χ3n) is 2.76. The molecule has 0 unspecified atom stereocenters. The predicted octanol–water partition coefficient (Wildman–Crippen LogP) is 3.42. The molecule has 3 nitrogen and oxygen atoms in total. The Hall–Kier alpha value is -1.68. The fraction of sp³-hybridized carbons (Fsp3) is 0.250. The lowest BCUT2D eigenvalue weighted by Gasteiger charge is -1.97. The molecular formula is C16H26N2O. The molecule has 0 fully saturated rings. The van der Waals surface area contributed by atoms with Crippen molar-refractivity contribution in [2.75, 3.05) is 0 Å². The first kappa shape index (κ1) is 15.4. The third-order valence-corrected chi connectivity index (χ3v) is 2.76. The summed E-state index contributed by atoms with van der Waals surface area (Å²) in [5.74, 6) is 0. The lowest BCUT2D eigenvalue weighted by atomic mass is 10.2. The first-order valence-corrected chi connectivity index (χ1v) is 6.34. The molecule has 0 radical (unpaired) electrons. The van der Waals surface area contributed by atoms with Crippen LogP contribution in [0.25, 0.3) is 0 Å². The number of aryl methyl sites for hydroxylation is 2. The van der Waals surface area contributed by atoms with Gasteiger partial charge in [0.25, 0.3) is 0 Å². The predicted molar refractivity (Wildman–Crippen MR) is 83.1 cm³/mol. The summed E-state index contributed by atoms with van der Waals surface area (Å²) in [5.41, 5.74) is 12.3. The number of hydrogen-bond donors (Lipinski definition) is 3. The molecule has 0 aliphatic rings. The van der Waals surface area contributed by atoms with E-state index in [4.69, 9.17) is 10.9 Å². The second-order valence-electron chi connectivity index (χ2n) is 4.51. The Morgan fingerprint density at radius 2 is 1.32 bits per heavy atom. The first-order chi connectivity index (χ1) is 9.15. The monoisotopic (exact) mass is 262 g/mol. The van der Waals surface area contributed by atoms with Crippen LogP contribution in [0.1, 0.15) is 25.1 Å². The molecule has 0 amide bonds. The van der Waals surface area contributed by atoms with Gasteiger partial charge < -0.3 is 10.9 Å². The summed E-state index contributed by atoms with van der Waals surface area (Å²) in [7, 11) is 0. The van der Waals surface area contributed by atoms with E-state index in [1.165, 1.54) is 16.7 Å². The van der Waals surface area contributed by atoms with Crippen LogP contribution in [0.5, 0.6) is 0 Å². The maximum absolute atomic E-state index is 8.34. The van der Waals surface area contributed by atoms with Crippen molar-refractivity contribution in [3.05, 3.63) is 70.8 Å². The molecule has 0 spiro atoms. The quantitative estimate of drug-likeness (QED) is 0.743. The van der Waals surface area contributed by atoms with E-state index in [1.54, 1.807) is 0 Å². The van der Waals surface area contributed by atoms with Crippen LogP contribution in [0.15, 0.2) is 48.5 Å². The van der Waals surface area contributed by atoms with E-state index < -0.39 is 0 Å². The molecule has 0 aliphatic heterocycles. The van der Waals surface area contributed by atoms with Gasteiger partial charge in [-0.3, -0.25) is 0 Å². The molecule has 19 heavy (non-hydrogen) atoms. The zero-order chi connectivity index (χ0) is 14.1. The fourth-order valence-electron chi connectivity index (χ4n) is 1.52. The van der Waals surface area contributed by atoms with Crippen molar-refractivity contribution in [3.8, 4) is 0 Å². The highest BCUT2D eigenvalue weighted by molar-refractivity contribution is 5.21. The highest BCUT2D eigenvalue weighted by atomic mass is 16.5. The molecule has 0 saturated carbocycles. The third kappa shape index (κ3) is 6.15. The minimum atomic E-state index is 0. The lowest BCUT2D eigenvalue weighted by Crippen LogP contribution is -2.05. The van der Waals surface area contributed by atoms with Gasteiger partial charge >= 0.3 is 0 Å². The smallest absolute Gasteiger partial charge is 0.0458 e. The van der Waals surface area contributed by atoms with Crippen LogP contribution in [0.3, 0.4) is 0 Å². The van der Waals surface area contributed by atoms with E-state index in [2.05, 4.69) is 36.7 Å². The SMILES string of the molecule is Cc1ccc(CN)cc1.Cc1ccc(CNO)cc1.[HH].[HH]. The molecule has 3 heteroatoms. The summed E-state index contributed by atoms with van der Waals surface area (Å²) < 4.78 is 0. The number of rotatable bonds is 3. The topological polar surface area (TPSA) is 58.3 Å². The van der Waals surface area contributed by atoms with Crippen LogP contribution in [0.2, 0.25) is 0 Å². The molecule has 0 aromatic heterocycles. The van der Waals surface area contributed by atoms with E-state index in [9.17, 15) is 0 Å². The van der Waals surface area contributed by atoms with E-state index in [-0.39, 0.29) is 2.85 Å². The Balaban J connectivity index is 0. The van der Waals surface area contributed by atoms with Crippen molar-refractivity contribution in [2.45, 2.75) is 26.9 Å². The maximum Gasteiger partial charge on any atom is 0.0458 e. The van der Waals surface area contributed by atoms with Gasteiger partial charge in [0.1, 0.15) is 0 Å². The molecular weight excluding hydrogens is 236 g/mol. The molecule has 0 heterocycles. The fourth-order valence-corrected chi connectivity index (χ4v) is 1.52. The highest BCUT2D eigenvalue weighted by Crippen LogP contribution is 2.01. The number of hydrogen-bond acceptors (Lipinski definition) is 3. The molecule has 0 saturated heterocycles. The van der Waals surface area contributed by atoms with Gasteiger partial charge in [-0.2, -0.15) is 0 Å². The zero-order valence-electron chi connectivity index (χ0n) is 11.6. The van der Waals surface area contributed by atoms with Gasteiger partial charge in [0.2, 0.25) is 0 Å². The summed E-state index contributed by atoms with van der Waals surface area (Å²) in [5, 5.41) is 8.34. The van der Waals surface area contributed by atoms with Gasteiger partial charge in [-0.1, -0.05) is 59.7 Å². The molecule has 2 aromatic carbocycles. The Morgan fingerprint density at radius 3 is 1.68 bits per heavy atom. The number of nitrogens with two attached hydrogens (primary N) is 1. The van der Waals surface area contributed by atoms with Gasteiger partial charge in [-0.15, -0.1) is 0 Å². The van der Waals surface area contributed by atoms with Gasteiger partial charge in [-0.25, -0.2) is 5.48 Å². The Labute approximate surface area is 118 Å². The van der Waals surface area contributed by atoms with E-state index in [1.807, 2.05) is 31.2 Å². The second kappa shape index (κ2) is 8.43. The summed E-state index contributed by atoms with van der Waals surface area (Å²) in [4.78, 5) is 0. The normalized spacial score (nSPS) is 9.68. The maximum atomic E-state index is 8.34. The summed E-state index contributed by atoms with van der Waals surface area (Å²) in [6.07, 6.45) is 0. The summed E-state index contributed by atoms with van der Waals surface area (Å²) in [6, 6.07) is 16.3. The zero-order valence-corrected chi connectivity index (χ0v) is 11.6. The van der Waals surface area contributed by atoms with Crippen LogP contribution in [0.4, 0.5) is 0 Å². The van der Waals surface area contributed by atoms with Crippen molar-refractivity contribution in [1.29, 1.82) is 0 Å². The van der Waals surface area contributed by atoms with Crippen molar-refractivity contribution >= 4 is 0 Å². The van der Waals surface area contributed by atoms with Gasteiger partial charge in [-0.05, 0) is 25.0 Å². The number of benzene rings is 2. The Morgan fingerprint density at radius 1 is 0.895 bits per heavy atom. The molecule has 2 aromatic rings. The largest absolute Gasteiger partial charge is 0.326 e. The van der Waals surface area contributed by atoms with Crippen molar-refractivity contribution in [1.82, 2.24) is 5.48 Å². The van der Waals surface area contributed by atoms with Crippen molar-refractivity contribution < 1.29 is 8.06 Å². The first-order valence-electron chi connectivity index (χ1n) is 6.34. The average Bonchev–Trinajstić information content (AvgIpc) is 2.43. The van der Waals surface area contributed by atoms with E-state index in [0.29, 0.717) is 13.1 Å². The molecule has 0 aliphatic carbocycles. The van der Waals surface area contributed by atoms with Gasteiger partial charge in [0.05, 0.1) is 0 Å². The Kier molecular flexibility index (Phi) is 6.82.